The summed E-state index contributed by atoms with van der Waals surface area (Å²) in [6.07, 6.45) is 1.75. The summed E-state index contributed by atoms with van der Waals surface area (Å²) >= 11 is 3.38. The highest BCUT2D eigenvalue weighted by Crippen LogP contribution is 2.26. The average Bonchev–Trinajstić information content (AvgIpc) is 2.29. The van der Waals surface area contributed by atoms with Crippen LogP contribution in [-0.2, 0) is 0 Å². The minimum absolute atomic E-state index is 0.234. The van der Waals surface area contributed by atoms with Crippen molar-refractivity contribution in [1.82, 2.24) is 4.98 Å². The molecule has 88 valence electrons. The van der Waals surface area contributed by atoms with Gasteiger partial charge in [0.25, 0.3) is 0 Å². The molecule has 2 aromatic rings. The van der Waals surface area contributed by atoms with Gasteiger partial charge in [-0.05, 0) is 58.7 Å². The van der Waals surface area contributed by atoms with Crippen molar-refractivity contribution in [3.63, 3.8) is 0 Å². The van der Waals surface area contributed by atoms with Crippen molar-refractivity contribution in [2.24, 2.45) is 0 Å². The molecule has 2 nitrogen and oxygen atoms in total. The largest absolute Gasteiger partial charge is 0.329 e. The summed E-state index contributed by atoms with van der Waals surface area (Å²) in [5, 5.41) is 0. The van der Waals surface area contributed by atoms with E-state index in [1.54, 1.807) is 18.3 Å². The van der Waals surface area contributed by atoms with Crippen molar-refractivity contribution in [3.05, 3.63) is 52.4 Å². The van der Waals surface area contributed by atoms with E-state index in [-0.39, 0.29) is 5.82 Å². The summed E-state index contributed by atoms with van der Waals surface area (Å²) in [4.78, 5) is 6.29. The van der Waals surface area contributed by atoms with Crippen LogP contribution in [0.15, 0.2) is 41.0 Å². The Balaban J connectivity index is 2.36. The van der Waals surface area contributed by atoms with Crippen LogP contribution in [0.2, 0.25) is 0 Å². The molecule has 0 unspecified atom stereocenters. The van der Waals surface area contributed by atoms with Gasteiger partial charge in [0.05, 0.1) is 0 Å². The first-order chi connectivity index (χ1) is 8.08. The molecule has 1 aromatic carbocycles. The van der Waals surface area contributed by atoms with E-state index in [1.807, 2.05) is 24.9 Å². The quantitative estimate of drug-likeness (QED) is 0.830. The van der Waals surface area contributed by atoms with Crippen LogP contribution in [0.3, 0.4) is 0 Å². The number of benzene rings is 1. The van der Waals surface area contributed by atoms with Crippen molar-refractivity contribution in [3.8, 4) is 0 Å². The lowest BCUT2D eigenvalue weighted by Crippen LogP contribution is -2.12. The van der Waals surface area contributed by atoms with Crippen LogP contribution in [0.5, 0.6) is 0 Å². The number of hydrogen-bond acceptors (Lipinski definition) is 2. The lowest BCUT2D eigenvalue weighted by atomic mass is 10.2. The Morgan fingerprint density at radius 3 is 2.47 bits per heavy atom. The van der Waals surface area contributed by atoms with Crippen LogP contribution in [0.1, 0.15) is 5.56 Å². The monoisotopic (exact) mass is 294 g/mol. The minimum Gasteiger partial charge on any atom is -0.329 e. The highest BCUT2D eigenvalue weighted by molar-refractivity contribution is 9.10. The molecule has 0 N–H and O–H groups in total. The van der Waals surface area contributed by atoms with Crippen LogP contribution >= 0.6 is 15.9 Å². The Labute approximate surface area is 108 Å². The van der Waals surface area contributed by atoms with Gasteiger partial charge in [0, 0.05) is 23.4 Å². The number of aryl methyl sites for hydroxylation is 1. The zero-order valence-corrected chi connectivity index (χ0v) is 11.2. The van der Waals surface area contributed by atoms with Gasteiger partial charge in [0.15, 0.2) is 0 Å². The van der Waals surface area contributed by atoms with Gasteiger partial charge in [0.1, 0.15) is 11.6 Å². The summed E-state index contributed by atoms with van der Waals surface area (Å²) in [7, 11) is 1.91. The molecule has 0 bridgehead atoms. The molecule has 2 rings (SSSR count). The zero-order chi connectivity index (χ0) is 12.4. The van der Waals surface area contributed by atoms with E-state index in [4.69, 9.17) is 0 Å². The van der Waals surface area contributed by atoms with E-state index >= 15 is 0 Å². The minimum atomic E-state index is -0.234. The van der Waals surface area contributed by atoms with E-state index in [1.165, 1.54) is 12.1 Å². The molecule has 1 aromatic heterocycles. The predicted molar refractivity (Wildman–Crippen MR) is 71.1 cm³/mol. The number of hydrogen-bond donors (Lipinski definition) is 0. The number of aromatic nitrogens is 1. The Bertz CT molecular complexity index is 525. The van der Waals surface area contributed by atoms with Crippen LogP contribution in [-0.4, -0.2) is 12.0 Å². The molecule has 0 radical (unpaired) electrons. The third kappa shape index (κ3) is 2.64. The maximum atomic E-state index is 12.8. The molecular formula is C13H12BrFN2. The first kappa shape index (κ1) is 12.0. The molecule has 17 heavy (non-hydrogen) atoms. The molecule has 0 aliphatic heterocycles. The SMILES string of the molecule is Cc1cc(Br)cnc1N(C)c1ccc(F)cc1. The van der Waals surface area contributed by atoms with E-state index in [0.717, 1.165) is 21.5 Å². The van der Waals surface area contributed by atoms with E-state index < -0.39 is 0 Å². The number of rotatable bonds is 2. The van der Waals surface area contributed by atoms with Gasteiger partial charge in [-0.15, -0.1) is 0 Å². The van der Waals surface area contributed by atoms with Gasteiger partial charge >= 0.3 is 0 Å². The molecule has 0 saturated carbocycles. The average molecular weight is 295 g/mol. The van der Waals surface area contributed by atoms with E-state index in [0.29, 0.717) is 0 Å². The maximum absolute atomic E-state index is 12.8. The molecule has 0 atom stereocenters. The summed E-state index contributed by atoms with van der Waals surface area (Å²) in [5.74, 6) is 0.627. The second-order valence-electron chi connectivity index (χ2n) is 3.83. The van der Waals surface area contributed by atoms with Crippen molar-refractivity contribution in [1.29, 1.82) is 0 Å². The predicted octanol–water partition coefficient (Wildman–Crippen LogP) is 4.06. The topological polar surface area (TPSA) is 16.1 Å². The fraction of sp³-hybridized carbons (Fsp3) is 0.154. The summed E-state index contributed by atoms with van der Waals surface area (Å²) < 4.78 is 13.8. The van der Waals surface area contributed by atoms with Gasteiger partial charge in [-0.25, -0.2) is 9.37 Å². The lowest BCUT2D eigenvalue weighted by Gasteiger charge is -2.20. The third-order valence-corrected chi connectivity index (χ3v) is 2.98. The molecule has 1 heterocycles. The number of halogens is 2. The number of anilines is 2. The normalized spacial score (nSPS) is 10.4. The molecular weight excluding hydrogens is 283 g/mol. The second kappa shape index (κ2) is 4.84. The lowest BCUT2D eigenvalue weighted by molar-refractivity contribution is 0.628. The Kier molecular flexibility index (Phi) is 3.43. The molecule has 0 saturated heterocycles. The Morgan fingerprint density at radius 2 is 1.88 bits per heavy atom. The fourth-order valence-corrected chi connectivity index (χ4v) is 2.12. The summed E-state index contributed by atoms with van der Waals surface area (Å²) in [5.41, 5.74) is 1.97. The standard InChI is InChI=1S/C13H12BrFN2/c1-9-7-10(14)8-16-13(9)17(2)12-5-3-11(15)4-6-12/h3-8H,1-2H3. The molecule has 0 amide bonds. The van der Waals surface area contributed by atoms with Gasteiger partial charge in [-0.3, -0.25) is 0 Å². The molecule has 0 spiro atoms. The Morgan fingerprint density at radius 1 is 1.24 bits per heavy atom. The van der Waals surface area contributed by atoms with Crippen molar-refractivity contribution in [2.75, 3.05) is 11.9 Å². The number of pyridine rings is 1. The van der Waals surface area contributed by atoms with Gasteiger partial charge < -0.3 is 4.90 Å². The van der Waals surface area contributed by atoms with Gasteiger partial charge in [-0.1, -0.05) is 0 Å². The van der Waals surface area contributed by atoms with Crippen LogP contribution in [0.4, 0.5) is 15.9 Å². The van der Waals surface area contributed by atoms with Crippen molar-refractivity contribution >= 4 is 27.4 Å². The second-order valence-corrected chi connectivity index (χ2v) is 4.75. The summed E-state index contributed by atoms with van der Waals surface area (Å²) in [6, 6.07) is 8.36. The fourth-order valence-electron chi connectivity index (χ4n) is 1.67. The first-order valence-corrected chi connectivity index (χ1v) is 5.98. The third-order valence-electron chi connectivity index (χ3n) is 2.55. The van der Waals surface area contributed by atoms with Gasteiger partial charge in [0.2, 0.25) is 0 Å². The van der Waals surface area contributed by atoms with E-state index in [9.17, 15) is 4.39 Å². The van der Waals surface area contributed by atoms with E-state index in [2.05, 4.69) is 20.9 Å². The Hall–Kier alpha value is -1.42. The van der Waals surface area contributed by atoms with Crippen LogP contribution in [0.25, 0.3) is 0 Å². The van der Waals surface area contributed by atoms with Gasteiger partial charge in [-0.2, -0.15) is 0 Å². The molecule has 0 aliphatic rings. The van der Waals surface area contributed by atoms with Crippen molar-refractivity contribution in [2.45, 2.75) is 6.92 Å². The first-order valence-electron chi connectivity index (χ1n) is 5.19. The molecule has 4 heteroatoms. The highest BCUT2D eigenvalue weighted by atomic mass is 79.9. The van der Waals surface area contributed by atoms with Crippen LogP contribution in [0, 0.1) is 12.7 Å². The molecule has 0 aliphatic carbocycles. The van der Waals surface area contributed by atoms with Crippen LogP contribution < -0.4 is 4.90 Å². The smallest absolute Gasteiger partial charge is 0.135 e. The molecule has 0 fully saturated rings. The maximum Gasteiger partial charge on any atom is 0.135 e. The number of nitrogens with zero attached hydrogens (tertiary/aromatic N) is 2. The van der Waals surface area contributed by atoms with Crippen molar-refractivity contribution < 1.29 is 4.39 Å². The highest BCUT2D eigenvalue weighted by Gasteiger charge is 2.08. The zero-order valence-electron chi connectivity index (χ0n) is 9.61. The summed E-state index contributed by atoms with van der Waals surface area (Å²) in [6.45, 7) is 1.99.